The fraction of sp³-hybridized carbons (Fsp3) is 0.192. The Morgan fingerprint density at radius 2 is 1.29 bits per heavy atom. The second kappa shape index (κ2) is 11.0. The number of hydrogen-bond acceptors (Lipinski definition) is 3. The number of hydrogen-bond donors (Lipinski definition) is 2. The lowest BCUT2D eigenvalue weighted by molar-refractivity contribution is -0.343. The molecule has 0 fully saturated rings. The minimum atomic E-state index is -6.64. The number of alkyl halides is 7. The van der Waals surface area contributed by atoms with Crippen molar-refractivity contribution in [2.75, 3.05) is 5.32 Å². The molecule has 0 saturated heterocycles. The number of anilines is 1. The summed E-state index contributed by atoms with van der Waals surface area (Å²) in [5.74, 6) is -16.7. The van der Waals surface area contributed by atoms with Crippen molar-refractivity contribution < 1.29 is 40.3 Å². The topological polar surface area (TPSA) is 70.6 Å². The van der Waals surface area contributed by atoms with Crippen molar-refractivity contribution in [3.8, 4) is 0 Å². The van der Waals surface area contributed by atoms with Gasteiger partial charge in [-0.05, 0) is 35.7 Å². The summed E-state index contributed by atoms with van der Waals surface area (Å²) in [6, 6.07) is 22.3. The molecule has 2 amide bonds. The molecule has 0 heterocycles. The highest BCUT2D eigenvalue weighted by atomic mass is 19.4. The Morgan fingerprint density at radius 3 is 1.79 bits per heavy atom. The Morgan fingerprint density at radius 1 is 0.763 bits per heavy atom. The van der Waals surface area contributed by atoms with E-state index in [-0.39, 0.29) is 11.3 Å². The molecule has 38 heavy (non-hydrogen) atoms. The van der Waals surface area contributed by atoms with Gasteiger partial charge in [0.2, 0.25) is 0 Å². The van der Waals surface area contributed by atoms with E-state index in [1.165, 1.54) is 24.4 Å². The summed E-state index contributed by atoms with van der Waals surface area (Å²) in [5, 5.41) is 5.36. The molecule has 3 aromatic carbocycles. The third kappa shape index (κ3) is 6.01. The van der Waals surface area contributed by atoms with Gasteiger partial charge in [0.1, 0.15) is 0 Å². The van der Waals surface area contributed by atoms with Crippen molar-refractivity contribution >= 4 is 23.2 Å². The van der Waals surface area contributed by atoms with Gasteiger partial charge in [0.25, 0.3) is 5.91 Å². The molecule has 0 saturated carbocycles. The molecule has 12 heteroatoms. The van der Waals surface area contributed by atoms with Gasteiger partial charge in [-0.2, -0.15) is 35.8 Å². The molecule has 0 bridgehead atoms. The SMILES string of the molecule is C/C(=N/NC(=O)C(c1ccccc1)c1ccccc1)c1cccc(NC(=O)C(F)(F)C(F)(F)C(F)(F)F)c1. The maximum absolute atomic E-state index is 13.6. The summed E-state index contributed by atoms with van der Waals surface area (Å²) in [6.45, 7) is 1.42. The van der Waals surface area contributed by atoms with Crippen LogP contribution in [0.3, 0.4) is 0 Å². The van der Waals surface area contributed by atoms with Crippen LogP contribution in [0.5, 0.6) is 0 Å². The Labute approximate surface area is 212 Å². The van der Waals surface area contributed by atoms with Crippen molar-refractivity contribution in [1.82, 2.24) is 5.43 Å². The monoisotopic (exact) mass is 539 g/mol. The second-order valence-electron chi connectivity index (χ2n) is 8.11. The van der Waals surface area contributed by atoms with Crippen LogP contribution < -0.4 is 10.7 Å². The third-order valence-corrected chi connectivity index (χ3v) is 5.44. The summed E-state index contributed by atoms with van der Waals surface area (Å²) >= 11 is 0. The van der Waals surface area contributed by atoms with E-state index in [9.17, 15) is 40.3 Å². The average Bonchev–Trinajstić information content (AvgIpc) is 2.88. The minimum Gasteiger partial charge on any atom is -0.321 e. The number of halogens is 7. The normalized spacial score (nSPS) is 12.8. The van der Waals surface area contributed by atoms with Crippen molar-refractivity contribution in [3.05, 3.63) is 102 Å². The predicted molar refractivity (Wildman–Crippen MR) is 126 cm³/mol. The lowest BCUT2D eigenvalue weighted by Crippen LogP contribution is -2.57. The molecule has 3 rings (SSSR count). The number of nitrogens with zero attached hydrogens (tertiary/aromatic N) is 1. The zero-order valence-electron chi connectivity index (χ0n) is 19.6. The highest BCUT2D eigenvalue weighted by molar-refractivity contribution is 6.02. The summed E-state index contributed by atoms with van der Waals surface area (Å²) in [5.41, 5.74) is 3.58. The summed E-state index contributed by atoms with van der Waals surface area (Å²) in [6.07, 6.45) is -6.64. The zero-order chi connectivity index (χ0) is 28.1. The van der Waals surface area contributed by atoms with Gasteiger partial charge in [-0.3, -0.25) is 9.59 Å². The Kier molecular flexibility index (Phi) is 8.23. The quantitative estimate of drug-likeness (QED) is 0.205. The molecule has 200 valence electrons. The maximum atomic E-state index is 13.6. The van der Waals surface area contributed by atoms with Gasteiger partial charge < -0.3 is 5.32 Å². The van der Waals surface area contributed by atoms with Crippen LogP contribution in [0.25, 0.3) is 0 Å². The van der Waals surface area contributed by atoms with Gasteiger partial charge in [-0.15, -0.1) is 0 Å². The molecule has 0 radical (unpaired) electrons. The number of hydrazone groups is 1. The van der Waals surface area contributed by atoms with Gasteiger partial charge in [0, 0.05) is 5.69 Å². The van der Waals surface area contributed by atoms with Gasteiger partial charge in [-0.25, -0.2) is 5.43 Å². The van der Waals surface area contributed by atoms with E-state index in [1.807, 2.05) is 0 Å². The van der Waals surface area contributed by atoms with E-state index in [1.54, 1.807) is 60.7 Å². The Bertz CT molecular complexity index is 1270. The molecule has 0 aliphatic heterocycles. The molecule has 3 aromatic rings. The molecule has 0 unspecified atom stereocenters. The summed E-state index contributed by atoms with van der Waals surface area (Å²) in [7, 11) is 0. The van der Waals surface area contributed by atoms with Crippen LogP contribution in [0.1, 0.15) is 29.5 Å². The van der Waals surface area contributed by atoms with Gasteiger partial charge in [0.05, 0.1) is 11.6 Å². The fourth-order valence-corrected chi connectivity index (χ4v) is 3.41. The van der Waals surface area contributed by atoms with Crippen molar-refractivity contribution in [2.24, 2.45) is 5.10 Å². The standard InChI is InChI=1S/C26H20F7N3O2/c1-16(35-36-22(37)21(17-9-4-2-5-10-17)18-11-6-3-7-12-18)19-13-8-14-20(15-19)34-23(38)24(27,28)25(29,30)26(31,32)33/h2-15,21H,1H3,(H,34,38)(H,36,37)/b35-16-. The first-order chi connectivity index (χ1) is 17.8. The van der Waals surface area contributed by atoms with E-state index in [2.05, 4.69) is 10.5 Å². The van der Waals surface area contributed by atoms with E-state index in [0.717, 1.165) is 12.1 Å². The van der Waals surface area contributed by atoms with Crippen LogP contribution in [0.4, 0.5) is 36.4 Å². The smallest absolute Gasteiger partial charge is 0.321 e. The molecule has 0 aliphatic carbocycles. The summed E-state index contributed by atoms with van der Waals surface area (Å²) in [4.78, 5) is 24.7. The Hall–Kier alpha value is -4.22. The summed E-state index contributed by atoms with van der Waals surface area (Å²) < 4.78 is 90.7. The Balaban J connectivity index is 1.79. The number of rotatable bonds is 8. The van der Waals surface area contributed by atoms with Crippen LogP contribution >= 0.6 is 0 Å². The molecule has 0 atom stereocenters. The molecule has 0 aliphatic rings. The first-order valence-corrected chi connectivity index (χ1v) is 10.9. The first kappa shape index (κ1) is 28.4. The van der Waals surface area contributed by atoms with Gasteiger partial charge in [-0.1, -0.05) is 72.8 Å². The molecule has 2 N–H and O–H groups in total. The van der Waals surface area contributed by atoms with Crippen LogP contribution in [0.2, 0.25) is 0 Å². The highest BCUT2D eigenvalue weighted by Crippen LogP contribution is 2.46. The van der Waals surface area contributed by atoms with Gasteiger partial charge in [0.15, 0.2) is 0 Å². The second-order valence-corrected chi connectivity index (χ2v) is 8.11. The first-order valence-electron chi connectivity index (χ1n) is 10.9. The van der Waals surface area contributed by atoms with E-state index >= 15 is 0 Å². The van der Waals surface area contributed by atoms with Crippen LogP contribution in [-0.2, 0) is 9.59 Å². The average molecular weight is 539 g/mol. The minimum absolute atomic E-state index is 0.127. The van der Waals surface area contributed by atoms with Crippen LogP contribution in [-0.4, -0.2) is 35.5 Å². The van der Waals surface area contributed by atoms with Crippen molar-refractivity contribution in [2.45, 2.75) is 30.9 Å². The van der Waals surface area contributed by atoms with Crippen LogP contribution in [0.15, 0.2) is 90.0 Å². The number of carbonyl (C=O) groups is 2. The van der Waals surface area contributed by atoms with Crippen molar-refractivity contribution in [3.63, 3.8) is 0 Å². The van der Waals surface area contributed by atoms with Crippen molar-refractivity contribution in [1.29, 1.82) is 0 Å². The lowest BCUT2D eigenvalue weighted by Gasteiger charge is -2.27. The van der Waals surface area contributed by atoms with Crippen LogP contribution in [0, 0.1) is 0 Å². The fourth-order valence-electron chi connectivity index (χ4n) is 3.41. The molecule has 0 spiro atoms. The maximum Gasteiger partial charge on any atom is 0.460 e. The largest absolute Gasteiger partial charge is 0.460 e. The van der Waals surface area contributed by atoms with E-state index in [4.69, 9.17) is 0 Å². The third-order valence-electron chi connectivity index (χ3n) is 5.44. The molecule has 0 aromatic heterocycles. The predicted octanol–water partition coefficient (Wildman–Crippen LogP) is 6.13. The van der Waals surface area contributed by atoms with Gasteiger partial charge >= 0.3 is 23.9 Å². The number of carbonyl (C=O) groups excluding carboxylic acids is 2. The van der Waals surface area contributed by atoms with E-state index < -0.39 is 41.4 Å². The number of benzene rings is 3. The zero-order valence-corrected chi connectivity index (χ0v) is 19.6. The highest BCUT2D eigenvalue weighted by Gasteiger charge is 2.76. The molecular weight excluding hydrogens is 519 g/mol. The number of amides is 2. The van der Waals surface area contributed by atoms with E-state index in [0.29, 0.717) is 11.1 Å². The molecular formula is C26H20F7N3O2. The lowest BCUT2D eigenvalue weighted by atomic mass is 9.91. The number of nitrogens with one attached hydrogen (secondary N) is 2. The molecule has 5 nitrogen and oxygen atoms in total.